The molecule has 4 heteroatoms. The fourth-order valence-corrected chi connectivity index (χ4v) is 3.39. The molecule has 1 saturated heterocycles. The van der Waals surface area contributed by atoms with E-state index in [4.69, 9.17) is 0 Å². The van der Waals surface area contributed by atoms with Crippen LogP contribution in [-0.2, 0) is 11.2 Å². The Labute approximate surface area is 129 Å². The maximum Gasteiger partial charge on any atom is 0.229 e. The summed E-state index contributed by atoms with van der Waals surface area (Å²) in [4.78, 5) is 15.6. The van der Waals surface area contributed by atoms with Crippen LogP contribution in [0, 0.1) is 6.92 Å². The molecular weight excluding hydrogens is 280 g/mol. The maximum atomic E-state index is 12.1. The fourth-order valence-electron chi connectivity index (χ4n) is 2.68. The van der Waals surface area contributed by atoms with Crippen molar-refractivity contribution in [2.75, 3.05) is 23.3 Å². The molecule has 2 heterocycles. The lowest BCUT2D eigenvalue weighted by molar-refractivity contribution is -0.115. The number of nitrogens with zero attached hydrogens (tertiary/aromatic N) is 1. The van der Waals surface area contributed by atoms with Crippen LogP contribution in [0.3, 0.4) is 0 Å². The summed E-state index contributed by atoms with van der Waals surface area (Å²) >= 11 is 1.62. The monoisotopic (exact) mass is 300 g/mol. The number of thiophene rings is 1. The van der Waals surface area contributed by atoms with Crippen molar-refractivity contribution in [3.05, 3.63) is 46.2 Å². The third kappa shape index (κ3) is 3.45. The third-order valence-corrected chi connectivity index (χ3v) is 4.76. The van der Waals surface area contributed by atoms with Crippen molar-refractivity contribution in [1.29, 1.82) is 0 Å². The van der Waals surface area contributed by atoms with E-state index in [0.29, 0.717) is 6.42 Å². The molecule has 1 N–H and O–H groups in total. The summed E-state index contributed by atoms with van der Waals surface area (Å²) in [6.07, 6.45) is 2.97. The van der Waals surface area contributed by atoms with E-state index in [1.165, 1.54) is 18.5 Å². The van der Waals surface area contributed by atoms with Gasteiger partial charge < -0.3 is 10.2 Å². The van der Waals surface area contributed by atoms with Crippen molar-refractivity contribution in [2.24, 2.45) is 0 Å². The van der Waals surface area contributed by atoms with E-state index in [1.807, 2.05) is 24.4 Å². The quantitative estimate of drug-likeness (QED) is 0.930. The van der Waals surface area contributed by atoms with Gasteiger partial charge in [0.25, 0.3) is 0 Å². The minimum absolute atomic E-state index is 0.0547. The van der Waals surface area contributed by atoms with E-state index in [-0.39, 0.29) is 5.91 Å². The van der Waals surface area contributed by atoms with Gasteiger partial charge in [-0.1, -0.05) is 12.1 Å². The van der Waals surface area contributed by atoms with Gasteiger partial charge in [0, 0.05) is 29.3 Å². The topological polar surface area (TPSA) is 32.3 Å². The van der Waals surface area contributed by atoms with Gasteiger partial charge in [0.2, 0.25) is 5.91 Å². The number of aryl methyl sites for hydroxylation is 1. The first-order valence-electron chi connectivity index (χ1n) is 7.40. The second kappa shape index (κ2) is 6.31. The van der Waals surface area contributed by atoms with Crippen LogP contribution in [0.4, 0.5) is 11.4 Å². The van der Waals surface area contributed by atoms with Crippen LogP contribution < -0.4 is 10.2 Å². The summed E-state index contributed by atoms with van der Waals surface area (Å²) in [5, 5.41) is 5.06. The number of hydrogen-bond donors (Lipinski definition) is 1. The van der Waals surface area contributed by atoms with Gasteiger partial charge in [-0.2, -0.15) is 0 Å². The number of nitrogens with one attached hydrogen (secondary N) is 1. The van der Waals surface area contributed by atoms with Gasteiger partial charge in [0.15, 0.2) is 0 Å². The van der Waals surface area contributed by atoms with Crippen LogP contribution in [0.1, 0.15) is 23.3 Å². The Kier molecular flexibility index (Phi) is 4.25. The average Bonchev–Trinajstić information content (AvgIpc) is 3.14. The number of amides is 1. The van der Waals surface area contributed by atoms with Gasteiger partial charge in [-0.25, -0.2) is 0 Å². The number of carbonyl (C=O) groups excluding carboxylic acids is 1. The van der Waals surface area contributed by atoms with Gasteiger partial charge in [0.1, 0.15) is 0 Å². The predicted octanol–water partition coefficient (Wildman–Crippen LogP) is 3.84. The molecule has 0 bridgehead atoms. The lowest BCUT2D eigenvalue weighted by Crippen LogP contribution is -2.19. The van der Waals surface area contributed by atoms with Gasteiger partial charge in [-0.15, -0.1) is 11.3 Å². The van der Waals surface area contributed by atoms with Gasteiger partial charge in [-0.05, 0) is 48.9 Å². The standard InChI is InChI=1S/C17H20N2OS/c1-13-6-7-14(19-8-2-3-9-19)11-16(13)18-17(20)12-15-5-4-10-21-15/h4-7,10-11H,2-3,8-9,12H2,1H3,(H,18,20). The second-order valence-corrected chi connectivity index (χ2v) is 6.53. The predicted molar refractivity (Wildman–Crippen MR) is 89.3 cm³/mol. The van der Waals surface area contributed by atoms with E-state index in [0.717, 1.165) is 29.2 Å². The molecule has 1 aromatic carbocycles. The van der Waals surface area contributed by atoms with Crippen molar-refractivity contribution in [3.63, 3.8) is 0 Å². The molecule has 2 aromatic rings. The number of hydrogen-bond acceptors (Lipinski definition) is 3. The Bertz CT molecular complexity index is 616. The van der Waals surface area contributed by atoms with Crippen molar-refractivity contribution in [1.82, 2.24) is 0 Å². The SMILES string of the molecule is Cc1ccc(N2CCCC2)cc1NC(=O)Cc1cccs1. The molecule has 1 fully saturated rings. The van der Waals surface area contributed by atoms with Crippen LogP contribution >= 0.6 is 11.3 Å². The molecule has 0 spiro atoms. The highest BCUT2D eigenvalue weighted by atomic mass is 32.1. The minimum atomic E-state index is 0.0547. The first-order chi connectivity index (χ1) is 10.2. The Hall–Kier alpha value is -1.81. The first-order valence-corrected chi connectivity index (χ1v) is 8.28. The smallest absolute Gasteiger partial charge is 0.229 e. The molecule has 0 radical (unpaired) electrons. The molecule has 21 heavy (non-hydrogen) atoms. The second-order valence-electron chi connectivity index (χ2n) is 5.50. The lowest BCUT2D eigenvalue weighted by Gasteiger charge is -2.19. The Balaban J connectivity index is 1.71. The Morgan fingerprint density at radius 3 is 2.81 bits per heavy atom. The van der Waals surface area contributed by atoms with E-state index < -0.39 is 0 Å². The zero-order valence-electron chi connectivity index (χ0n) is 12.3. The van der Waals surface area contributed by atoms with Crippen LogP contribution in [-0.4, -0.2) is 19.0 Å². The highest BCUT2D eigenvalue weighted by molar-refractivity contribution is 7.10. The summed E-state index contributed by atoms with van der Waals surface area (Å²) in [5.74, 6) is 0.0547. The molecule has 0 unspecified atom stereocenters. The first kappa shape index (κ1) is 14.1. The average molecular weight is 300 g/mol. The fraction of sp³-hybridized carbons (Fsp3) is 0.353. The van der Waals surface area contributed by atoms with Crippen LogP contribution in [0.25, 0.3) is 0 Å². The van der Waals surface area contributed by atoms with Crippen LogP contribution in [0.5, 0.6) is 0 Å². The summed E-state index contributed by atoms with van der Waals surface area (Å²) in [6, 6.07) is 10.3. The van der Waals surface area contributed by atoms with Crippen molar-refractivity contribution >= 4 is 28.6 Å². The maximum absolute atomic E-state index is 12.1. The minimum Gasteiger partial charge on any atom is -0.371 e. The molecule has 1 aromatic heterocycles. The number of carbonyl (C=O) groups is 1. The molecule has 1 aliphatic rings. The molecule has 1 aliphatic heterocycles. The van der Waals surface area contributed by atoms with E-state index in [2.05, 4.69) is 28.4 Å². The molecule has 3 rings (SSSR count). The lowest BCUT2D eigenvalue weighted by atomic mass is 10.1. The van der Waals surface area contributed by atoms with E-state index in [1.54, 1.807) is 11.3 Å². The van der Waals surface area contributed by atoms with Gasteiger partial charge >= 0.3 is 0 Å². The zero-order chi connectivity index (χ0) is 14.7. The Morgan fingerprint density at radius 1 is 1.29 bits per heavy atom. The summed E-state index contributed by atoms with van der Waals surface area (Å²) in [5.41, 5.74) is 3.25. The molecule has 110 valence electrons. The van der Waals surface area contributed by atoms with Crippen molar-refractivity contribution in [2.45, 2.75) is 26.2 Å². The van der Waals surface area contributed by atoms with Crippen LogP contribution in [0.2, 0.25) is 0 Å². The molecule has 0 saturated carbocycles. The zero-order valence-corrected chi connectivity index (χ0v) is 13.1. The molecule has 0 atom stereocenters. The molecule has 3 nitrogen and oxygen atoms in total. The van der Waals surface area contributed by atoms with E-state index >= 15 is 0 Å². The van der Waals surface area contributed by atoms with Crippen LogP contribution in [0.15, 0.2) is 35.7 Å². The third-order valence-electron chi connectivity index (χ3n) is 3.88. The van der Waals surface area contributed by atoms with Gasteiger partial charge in [-0.3, -0.25) is 4.79 Å². The van der Waals surface area contributed by atoms with E-state index in [9.17, 15) is 4.79 Å². The normalized spacial score (nSPS) is 14.4. The summed E-state index contributed by atoms with van der Waals surface area (Å²) in [6.45, 7) is 4.27. The summed E-state index contributed by atoms with van der Waals surface area (Å²) < 4.78 is 0. The number of benzene rings is 1. The number of rotatable bonds is 4. The molecule has 0 aliphatic carbocycles. The largest absolute Gasteiger partial charge is 0.371 e. The van der Waals surface area contributed by atoms with Crippen molar-refractivity contribution < 1.29 is 4.79 Å². The summed E-state index contributed by atoms with van der Waals surface area (Å²) in [7, 11) is 0. The highest BCUT2D eigenvalue weighted by Gasteiger charge is 2.14. The van der Waals surface area contributed by atoms with Gasteiger partial charge in [0.05, 0.1) is 6.42 Å². The highest BCUT2D eigenvalue weighted by Crippen LogP contribution is 2.26. The Morgan fingerprint density at radius 2 is 2.10 bits per heavy atom. The molecule has 1 amide bonds. The molecular formula is C17H20N2OS. The van der Waals surface area contributed by atoms with Crippen molar-refractivity contribution in [3.8, 4) is 0 Å². The number of anilines is 2.